The van der Waals surface area contributed by atoms with E-state index in [4.69, 9.17) is 4.74 Å². The molecule has 4 nitrogen and oxygen atoms in total. The van der Waals surface area contributed by atoms with E-state index in [0.717, 1.165) is 24.0 Å². The first-order valence-electron chi connectivity index (χ1n) is 8.17. The molecule has 1 saturated heterocycles. The molecule has 1 aliphatic rings. The summed E-state index contributed by atoms with van der Waals surface area (Å²) in [5, 5.41) is 0. The van der Waals surface area contributed by atoms with Gasteiger partial charge in [0.15, 0.2) is 0 Å². The van der Waals surface area contributed by atoms with Crippen molar-refractivity contribution in [1.29, 1.82) is 0 Å². The summed E-state index contributed by atoms with van der Waals surface area (Å²) in [4.78, 5) is 18.7. The second-order valence-corrected chi connectivity index (χ2v) is 6.14. The Morgan fingerprint density at radius 2 is 1.92 bits per heavy atom. The van der Waals surface area contributed by atoms with Gasteiger partial charge in [0.05, 0.1) is 5.56 Å². The molecule has 0 bridgehead atoms. The molecule has 2 aromatic rings. The molecular weight excluding hydrogens is 307 g/mol. The van der Waals surface area contributed by atoms with E-state index in [2.05, 4.69) is 4.98 Å². The van der Waals surface area contributed by atoms with E-state index in [9.17, 15) is 9.18 Å². The lowest BCUT2D eigenvalue weighted by Crippen LogP contribution is -2.40. The van der Waals surface area contributed by atoms with Crippen LogP contribution in [0.15, 0.2) is 42.7 Å². The second-order valence-electron chi connectivity index (χ2n) is 6.14. The normalized spacial score (nSPS) is 15.2. The Morgan fingerprint density at radius 1 is 1.21 bits per heavy atom. The van der Waals surface area contributed by atoms with Crippen LogP contribution in [0.2, 0.25) is 0 Å². The summed E-state index contributed by atoms with van der Waals surface area (Å²) in [7, 11) is 1.84. The Morgan fingerprint density at radius 3 is 2.62 bits per heavy atom. The van der Waals surface area contributed by atoms with Crippen LogP contribution in [0.1, 0.15) is 34.3 Å². The zero-order chi connectivity index (χ0) is 16.9. The predicted molar refractivity (Wildman–Crippen MR) is 89.4 cm³/mol. The Bertz CT molecular complexity index is 697. The molecule has 24 heavy (non-hydrogen) atoms. The van der Waals surface area contributed by atoms with Crippen molar-refractivity contribution in [3.8, 4) is 0 Å². The van der Waals surface area contributed by atoms with E-state index < -0.39 is 0 Å². The number of nitrogens with zero attached hydrogens (tertiary/aromatic N) is 2. The third-order valence-corrected chi connectivity index (χ3v) is 4.42. The highest BCUT2D eigenvalue weighted by Gasteiger charge is 2.23. The topological polar surface area (TPSA) is 42.4 Å². The molecule has 1 aromatic heterocycles. The van der Waals surface area contributed by atoms with Gasteiger partial charge in [-0.3, -0.25) is 9.78 Å². The fourth-order valence-electron chi connectivity index (χ4n) is 2.98. The minimum Gasteiger partial charge on any atom is -0.381 e. The van der Waals surface area contributed by atoms with E-state index in [1.807, 2.05) is 13.1 Å². The minimum absolute atomic E-state index is 0.0182. The van der Waals surface area contributed by atoms with E-state index in [-0.39, 0.29) is 17.8 Å². The number of aromatic nitrogens is 1. The molecule has 1 aromatic carbocycles. The number of hydrogen-bond donors (Lipinski definition) is 0. The highest BCUT2D eigenvalue weighted by atomic mass is 19.1. The fourth-order valence-corrected chi connectivity index (χ4v) is 2.98. The molecule has 126 valence electrons. The Balaban J connectivity index is 1.71. The van der Waals surface area contributed by atoms with Crippen LogP contribution in [0, 0.1) is 5.82 Å². The van der Waals surface area contributed by atoms with Crippen molar-refractivity contribution >= 4 is 5.91 Å². The highest BCUT2D eigenvalue weighted by Crippen LogP contribution is 2.17. The van der Waals surface area contributed by atoms with Gasteiger partial charge >= 0.3 is 0 Å². The number of pyridine rings is 1. The van der Waals surface area contributed by atoms with E-state index in [1.165, 1.54) is 12.1 Å². The minimum atomic E-state index is -0.251. The number of benzene rings is 1. The van der Waals surface area contributed by atoms with Gasteiger partial charge in [0, 0.05) is 38.7 Å². The van der Waals surface area contributed by atoms with Crippen molar-refractivity contribution in [2.45, 2.75) is 25.3 Å². The first-order valence-corrected chi connectivity index (χ1v) is 8.17. The third-order valence-electron chi connectivity index (χ3n) is 4.42. The summed E-state index contributed by atoms with van der Waals surface area (Å²) in [6.07, 6.45) is 5.70. The van der Waals surface area contributed by atoms with Crippen molar-refractivity contribution < 1.29 is 13.9 Å². The molecule has 1 amide bonds. The zero-order valence-electron chi connectivity index (χ0n) is 13.7. The quantitative estimate of drug-likeness (QED) is 0.866. The van der Waals surface area contributed by atoms with Crippen molar-refractivity contribution in [3.63, 3.8) is 0 Å². The van der Waals surface area contributed by atoms with Crippen molar-refractivity contribution in [1.82, 2.24) is 9.88 Å². The van der Waals surface area contributed by atoms with E-state index in [0.29, 0.717) is 25.2 Å². The fraction of sp³-hybridized carbons (Fsp3) is 0.368. The third kappa shape index (κ3) is 3.97. The first kappa shape index (κ1) is 16.6. The monoisotopic (exact) mass is 328 g/mol. The van der Waals surface area contributed by atoms with E-state index >= 15 is 0 Å². The number of amides is 1. The molecule has 5 heteroatoms. The molecule has 0 atom stereocenters. The van der Waals surface area contributed by atoms with Gasteiger partial charge in [-0.25, -0.2) is 4.39 Å². The number of ether oxygens (including phenoxy) is 1. The summed E-state index contributed by atoms with van der Waals surface area (Å²) in [6.45, 7) is 1.40. The molecule has 0 spiro atoms. The molecule has 1 aliphatic heterocycles. The van der Waals surface area contributed by atoms with Gasteiger partial charge in [0.2, 0.25) is 0 Å². The van der Waals surface area contributed by atoms with Crippen molar-refractivity contribution in [2.24, 2.45) is 0 Å². The van der Waals surface area contributed by atoms with Crippen LogP contribution in [-0.2, 0) is 11.2 Å². The van der Waals surface area contributed by atoms with Gasteiger partial charge in [-0.2, -0.15) is 0 Å². The van der Waals surface area contributed by atoms with Gasteiger partial charge in [0.25, 0.3) is 5.91 Å². The van der Waals surface area contributed by atoms with Crippen molar-refractivity contribution in [2.75, 3.05) is 20.3 Å². The Hall–Kier alpha value is -2.27. The standard InChI is InChI=1S/C19H21FN2O2/c1-22(18-6-8-24-9-7-18)19(23)16-11-15(12-21-13-16)10-14-2-4-17(20)5-3-14/h2-5,11-13,18H,6-10H2,1H3. The lowest BCUT2D eigenvalue weighted by molar-refractivity contribution is 0.0362. The van der Waals surface area contributed by atoms with Crippen LogP contribution in [0.4, 0.5) is 4.39 Å². The highest BCUT2D eigenvalue weighted by molar-refractivity contribution is 5.94. The van der Waals surface area contributed by atoms with Gasteiger partial charge in [-0.05, 0) is 48.6 Å². The number of rotatable bonds is 4. The van der Waals surface area contributed by atoms with Crippen LogP contribution in [0.5, 0.6) is 0 Å². The number of carbonyl (C=O) groups is 1. The molecule has 3 rings (SSSR count). The second kappa shape index (κ2) is 7.53. The summed E-state index contributed by atoms with van der Waals surface area (Å²) in [5.74, 6) is -0.269. The summed E-state index contributed by atoms with van der Waals surface area (Å²) < 4.78 is 18.3. The number of carbonyl (C=O) groups excluding carboxylic acids is 1. The van der Waals surface area contributed by atoms with Crippen LogP contribution in [0.3, 0.4) is 0 Å². The molecule has 1 fully saturated rings. The smallest absolute Gasteiger partial charge is 0.255 e. The Kier molecular flexibility index (Phi) is 5.20. The maximum Gasteiger partial charge on any atom is 0.255 e. The van der Waals surface area contributed by atoms with E-state index in [1.54, 1.807) is 29.4 Å². The summed E-state index contributed by atoms with van der Waals surface area (Å²) in [6, 6.07) is 8.46. The lowest BCUT2D eigenvalue weighted by atomic mass is 10.0. The van der Waals surface area contributed by atoms with Gasteiger partial charge in [0.1, 0.15) is 5.82 Å². The molecule has 0 radical (unpaired) electrons. The first-order chi connectivity index (χ1) is 11.6. The molecule has 2 heterocycles. The van der Waals surface area contributed by atoms with Gasteiger partial charge in [-0.1, -0.05) is 12.1 Å². The van der Waals surface area contributed by atoms with Crippen LogP contribution in [-0.4, -0.2) is 42.1 Å². The van der Waals surface area contributed by atoms with Crippen molar-refractivity contribution in [3.05, 3.63) is 65.2 Å². The molecule has 0 N–H and O–H groups in total. The predicted octanol–water partition coefficient (Wildman–Crippen LogP) is 3.06. The summed E-state index contributed by atoms with van der Waals surface area (Å²) >= 11 is 0. The zero-order valence-corrected chi connectivity index (χ0v) is 13.7. The van der Waals surface area contributed by atoms with Gasteiger partial charge < -0.3 is 9.64 Å². The van der Waals surface area contributed by atoms with Gasteiger partial charge in [-0.15, -0.1) is 0 Å². The molecular formula is C19H21FN2O2. The van der Waals surface area contributed by atoms with Crippen LogP contribution < -0.4 is 0 Å². The lowest BCUT2D eigenvalue weighted by Gasteiger charge is -2.31. The Labute approximate surface area is 141 Å². The molecule has 0 saturated carbocycles. The molecule has 0 unspecified atom stereocenters. The van der Waals surface area contributed by atoms with Crippen LogP contribution >= 0.6 is 0 Å². The average molecular weight is 328 g/mol. The number of halogens is 1. The number of hydrogen-bond acceptors (Lipinski definition) is 3. The molecule has 0 aliphatic carbocycles. The maximum absolute atomic E-state index is 13.0. The largest absolute Gasteiger partial charge is 0.381 e. The van der Waals surface area contributed by atoms with Crippen LogP contribution in [0.25, 0.3) is 0 Å². The maximum atomic E-state index is 13.0. The summed E-state index contributed by atoms with van der Waals surface area (Å²) in [5.41, 5.74) is 2.51. The average Bonchev–Trinajstić information content (AvgIpc) is 2.63. The SMILES string of the molecule is CN(C(=O)c1cncc(Cc2ccc(F)cc2)c1)C1CCOCC1.